The predicted octanol–water partition coefficient (Wildman–Crippen LogP) is 8.05. The van der Waals surface area contributed by atoms with Crippen LogP contribution in [0.4, 0.5) is 0 Å². The minimum Gasteiger partial charge on any atom is -0.255 e. The average molecular weight is 382 g/mol. The van der Waals surface area contributed by atoms with Crippen molar-refractivity contribution in [3.05, 3.63) is 57.4 Å². The molecule has 2 heterocycles. The summed E-state index contributed by atoms with van der Waals surface area (Å²) in [5.41, 5.74) is 9.31. The molecular formula is C25H36NP. The lowest BCUT2D eigenvalue weighted by molar-refractivity contribution is 0.699. The Morgan fingerprint density at radius 3 is 2.37 bits per heavy atom. The van der Waals surface area contributed by atoms with Crippen molar-refractivity contribution in [1.82, 2.24) is 4.98 Å². The molecule has 2 aromatic heterocycles. The topological polar surface area (TPSA) is 12.9 Å². The molecule has 2 atom stereocenters. The summed E-state index contributed by atoms with van der Waals surface area (Å²) in [5.74, 6) is 0.556. The Kier molecular flexibility index (Phi) is 7.68. The normalized spacial score (nSPS) is 14.2. The molecule has 0 bridgehead atoms. The number of allylic oxidation sites excluding steroid dienone is 4. The van der Waals surface area contributed by atoms with Crippen LogP contribution >= 0.6 is 8.19 Å². The largest absolute Gasteiger partial charge is 0.255 e. The van der Waals surface area contributed by atoms with E-state index in [-0.39, 0.29) is 0 Å². The second-order valence-corrected chi connectivity index (χ2v) is 9.21. The summed E-state index contributed by atoms with van der Waals surface area (Å²) < 4.78 is 0. The van der Waals surface area contributed by atoms with E-state index in [4.69, 9.17) is 4.98 Å². The number of aryl methyl sites for hydroxylation is 3. The highest BCUT2D eigenvalue weighted by atomic mass is 31.0. The smallest absolute Gasteiger partial charge is 0.0731 e. The molecule has 0 aliphatic carbocycles. The van der Waals surface area contributed by atoms with Gasteiger partial charge in [0.05, 0.1) is 5.69 Å². The first-order chi connectivity index (χ1) is 12.9. The van der Waals surface area contributed by atoms with Crippen molar-refractivity contribution in [2.75, 3.05) is 0 Å². The molecular weight excluding hydrogens is 345 g/mol. The lowest BCUT2D eigenvalue weighted by atomic mass is 9.91. The van der Waals surface area contributed by atoms with Crippen molar-refractivity contribution < 1.29 is 0 Å². The lowest BCUT2D eigenvalue weighted by Gasteiger charge is -2.16. The Hall–Kier alpha value is -1.59. The maximum absolute atomic E-state index is 4.98. The third-order valence-electron chi connectivity index (χ3n) is 5.69. The van der Waals surface area contributed by atoms with Gasteiger partial charge in [-0.25, -0.2) is 0 Å². The molecule has 2 aromatic rings. The Morgan fingerprint density at radius 2 is 1.89 bits per heavy atom. The van der Waals surface area contributed by atoms with Crippen LogP contribution in [0.2, 0.25) is 0 Å². The zero-order chi connectivity index (χ0) is 20.1. The van der Waals surface area contributed by atoms with E-state index >= 15 is 0 Å². The second-order valence-electron chi connectivity index (χ2n) is 7.60. The monoisotopic (exact) mass is 381 g/mol. The molecule has 1 nitrogen and oxygen atoms in total. The van der Waals surface area contributed by atoms with E-state index in [9.17, 15) is 0 Å². The SMILES string of the molecule is C/C=C(CC)/C(=C/C(C)CC)c1ncc(-c2c(C)[pH]c(CC)c2C)cc1C. The summed E-state index contributed by atoms with van der Waals surface area (Å²) in [6.07, 6.45) is 10.1. The minimum atomic E-state index is 0.556. The van der Waals surface area contributed by atoms with Crippen molar-refractivity contribution in [1.29, 1.82) is 0 Å². The van der Waals surface area contributed by atoms with Gasteiger partial charge in [0.15, 0.2) is 0 Å². The minimum absolute atomic E-state index is 0.556. The maximum Gasteiger partial charge on any atom is 0.0731 e. The summed E-state index contributed by atoms with van der Waals surface area (Å²) in [7, 11) is 0.852. The fraction of sp³-hybridized carbons (Fsp3) is 0.480. The van der Waals surface area contributed by atoms with Crippen molar-refractivity contribution in [2.45, 2.75) is 74.7 Å². The molecule has 0 aliphatic rings. The summed E-state index contributed by atoms with van der Waals surface area (Å²) in [5, 5.41) is 3.11. The first-order valence-corrected chi connectivity index (χ1v) is 11.4. The van der Waals surface area contributed by atoms with Gasteiger partial charge in [0.25, 0.3) is 0 Å². The van der Waals surface area contributed by atoms with Gasteiger partial charge in [0, 0.05) is 11.8 Å². The van der Waals surface area contributed by atoms with Crippen molar-refractivity contribution in [3.8, 4) is 11.1 Å². The summed E-state index contributed by atoms with van der Waals surface area (Å²) in [6, 6.07) is 2.35. The maximum atomic E-state index is 4.98. The van der Waals surface area contributed by atoms with Gasteiger partial charge in [-0.05, 0) is 90.9 Å². The standard InChI is InChI=1S/C25H36NP/c1-9-16(5)13-22(20(10-2)11-3)25-17(6)14-21(15-26-25)24-18(7)23(12-4)27-19(24)8/h10,13-16,27H,9,11-12H2,1-8H3/b20-10+,22-13-. The van der Waals surface area contributed by atoms with Crippen LogP contribution in [0.5, 0.6) is 0 Å². The average Bonchev–Trinajstić information content (AvgIpc) is 2.95. The Labute approximate surface area is 168 Å². The number of rotatable bonds is 7. The highest BCUT2D eigenvalue weighted by molar-refractivity contribution is 7.32. The lowest BCUT2D eigenvalue weighted by Crippen LogP contribution is -2.00. The van der Waals surface area contributed by atoms with Gasteiger partial charge in [0.2, 0.25) is 0 Å². The number of pyridine rings is 1. The van der Waals surface area contributed by atoms with Crippen molar-refractivity contribution in [3.63, 3.8) is 0 Å². The number of aromatic nitrogens is 1. The van der Waals surface area contributed by atoms with Crippen molar-refractivity contribution in [2.24, 2.45) is 5.92 Å². The highest BCUT2D eigenvalue weighted by Gasteiger charge is 2.16. The quantitative estimate of drug-likeness (QED) is 0.442. The van der Waals surface area contributed by atoms with Crippen LogP contribution in [0.15, 0.2) is 30.0 Å². The van der Waals surface area contributed by atoms with Gasteiger partial charge in [-0.3, -0.25) is 4.98 Å². The van der Waals surface area contributed by atoms with Crippen LogP contribution < -0.4 is 0 Å². The third-order valence-corrected chi connectivity index (χ3v) is 7.34. The van der Waals surface area contributed by atoms with Crippen LogP contribution in [0, 0.1) is 26.7 Å². The van der Waals surface area contributed by atoms with Gasteiger partial charge < -0.3 is 0 Å². The molecule has 0 fully saturated rings. The first kappa shape index (κ1) is 21.7. The number of hydrogen-bond acceptors (Lipinski definition) is 1. The van der Waals surface area contributed by atoms with Gasteiger partial charge in [-0.1, -0.05) is 46.3 Å². The molecule has 0 aliphatic heterocycles. The van der Waals surface area contributed by atoms with Crippen LogP contribution in [-0.4, -0.2) is 4.98 Å². The fourth-order valence-electron chi connectivity index (χ4n) is 3.89. The summed E-state index contributed by atoms with van der Waals surface area (Å²) >= 11 is 0. The highest BCUT2D eigenvalue weighted by Crippen LogP contribution is 2.40. The van der Waals surface area contributed by atoms with E-state index < -0.39 is 0 Å². The van der Waals surface area contributed by atoms with Gasteiger partial charge in [-0.2, -0.15) is 0 Å². The Bertz CT molecular complexity index is 851. The van der Waals surface area contributed by atoms with E-state index in [0.29, 0.717) is 5.92 Å². The molecule has 0 N–H and O–H groups in total. The second kappa shape index (κ2) is 9.56. The molecule has 0 radical (unpaired) electrons. The van der Waals surface area contributed by atoms with E-state index in [1.54, 1.807) is 5.30 Å². The van der Waals surface area contributed by atoms with Gasteiger partial charge in [-0.15, -0.1) is 8.19 Å². The number of nitrogens with zero attached hydrogens (tertiary/aromatic N) is 1. The molecule has 27 heavy (non-hydrogen) atoms. The zero-order valence-electron chi connectivity index (χ0n) is 18.5. The number of hydrogen-bond donors (Lipinski definition) is 0. The fourth-order valence-corrected chi connectivity index (χ4v) is 5.28. The van der Waals surface area contributed by atoms with Crippen LogP contribution in [0.1, 0.15) is 74.9 Å². The molecule has 0 saturated carbocycles. The first-order valence-electron chi connectivity index (χ1n) is 10.4. The molecule has 2 unspecified atom stereocenters. The predicted molar refractivity (Wildman–Crippen MR) is 124 cm³/mol. The van der Waals surface area contributed by atoms with Crippen LogP contribution in [0.3, 0.4) is 0 Å². The van der Waals surface area contributed by atoms with Crippen LogP contribution in [-0.2, 0) is 6.42 Å². The molecule has 0 spiro atoms. The van der Waals surface area contributed by atoms with Gasteiger partial charge in [0.1, 0.15) is 0 Å². The zero-order valence-corrected chi connectivity index (χ0v) is 19.5. The molecule has 0 aromatic carbocycles. The van der Waals surface area contributed by atoms with E-state index in [1.165, 1.54) is 38.7 Å². The molecule has 2 heteroatoms. The van der Waals surface area contributed by atoms with Crippen LogP contribution in [0.25, 0.3) is 16.7 Å². The molecule has 146 valence electrons. The third kappa shape index (κ3) is 4.64. The van der Waals surface area contributed by atoms with E-state index in [0.717, 1.165) is 33.1 Å². The van der Waals surface area contributed by atoms with Crippen molar-refractivity contribution >= 4 is 13.8 Å². The molecule has 0 amide bonds. The summed E-state index contributed by atoms with van der Waals surface area (Å²) in [4.78, 5) is 4.98. The Morgan fingerprint density at radius 1 is 1.19 bits per heavy atom. The molecule has 2 rings (SSSR count). The van der Waals surface area contributed by atoms with E-state index in [2.05, 4.69) is 79.8 Å². The molecule has 0 saturated heterocycles. The van der Waals surface area contributed by atoms with Gasteiger partial charge >= 0.3 is 0 Å². The Balaban J connectivity index is 2.58. The summed E-state index contributed by atoms with van der Waals surface area (Å²) in [6.45, 7) is 18.0. The van der Waals surface area contributed by atoms with E-state index in [1.807, 2.05) is 0 Å².